The molecule has 1 nitrogen and oxygen atoms in total. The normalized spacial score (nSPS) is 10.2. The van der Waals surface area contributed by atoms with Crippen LogP contribution in [0.25, 0.3) is 0 Å². The van der Waals surface area contributed by atoms with Crippen molar-refractivity contribution in [3.63, 3.8) is 0 Å². The summed E-state index contributed by atoms with van der Waals surface area (Å²) in [6.07, 6.45) is 0. The molecule has 0 aliphatic rings. The summed E-state index contributed by atoms with van der Waals surface area (Å²) >= 11 is 4.99. The Bertz CT molecular complexity index is 551. The Morgan fingerprint density at radius 2 is 1.74 bits per heavy atom. The van der Waals surface area contributed by atoms with E-state index in [9.17, 15) is 4.39 Å². The molecular weight excluding hydrogens is 325 g/mol. The molecule has 0 saturated heterocycles. The quantitative estimate of drug-likeness (QED) is 0.783. The fourth-order valence-electron chi connectivity index (χ4n) is 1.48. The second-order valence-electron chi connectivity index (χ2n) is 3.97. The van der Waals surface area contributed by atoms with E-state index in [1.54, 1.807) is 23.9 Å². The number of anilines is 1. The zero-order valence-electron chi connectivity index (χ0n) is 10.2. The molecule has 0 heterocycles. The molecule has 19 heavy (non-hydrogen) atoms. The monoisotopic (exact) mass is 337 g/mol. The van der Waals surface area contributed by atoms with E-state index in [4.69, 9.17) is 0 Å². The molecule has 2 aromatic carbocycles. The molecule has 1 N–H and O–H groups in total. The Labute approximate surface area is 125 Å². The molecule has 98 valence electrons. The van der Waals surface area contributed by atoms with Crippen LogP contribution in [0.15, 0.2) is 64.6 Å². The van der Waals surface area contributed by atoms with Gasteiger partial charge in [-0.3, -0.25) is 0 Å². The van der Waals surface area contributed by atoms with Gasteiger partial charge in [0.15, 0.2) is 0 Å². The minimum Gasteiger partial charge on any atom is -0.351 e. The van der Waals surface area contributed by atoms with Crippen LogP contribution in [0, 0.1) is 5.82 Å². The summed E-state index contributed by atoms with van der Waals surface area (Å²) in [7, 11) is 0. The molecule has 2 rings (SSSR count). The predicted octanol–water partition coefficient (Wildman–Crippen LogP) is 5.40. The van der Waals surface area contributed by atoms with E-state index in [2.05, 4.69) is 27.8 Å². The number of halogens is 2. The third kappa shape index (κ3) is 4.73. The molecule has 4 heteroatoms. The van der Waals surface area contributed by atoms with Crippen LogP contribution in [-0.2, 0) is 5.75 Å². The summed E-state index contributed by atoms with van der Waals surface area (Å²) in [5, 5.41) is 4.09. The molecule has 0 aliphatic heterocycles. The molecule has 0 saturated carbocycles. The Balaban J connectivity index is 1.84. The number of benzene rings is 2. The lowest BCUT2D eigenvalue weighted by atomic mass is 10.2. The molecule has 0 atom stereocenters. The Morgan fingerprint density at radius 1 is 1.11 bits per heavy atom. The van der Waals surface area contributed by atoms with Crippen LogP contribution in [0.1, 0.15) is 5.56 Å². The van der Waals surface area contributed by atoms with Gasteiger partial charge in [0.05, 0.1) is 5.03 Å². The predicted molar refractivity (Wildman–Crippen MR) is 84.6 cm³/mol. The van der Waals surface area contributed by atoms with Crippen LogP contribution in [0.2, 0.25) is 0 Å². The second-order valence-corrected chi connectivity index (χ2v) is 5.96. The van der Waals surface area contributed by atoms with Gasteiger partial charge in [-0.2, -0.15) is 0 Å². The van der Waals surface area contributed by atoms with Crippen LogP contribution in [0.3, 0.4) is 0 Å². The number of rotatable bonds is 5. The molecule has 2 aromatic rings. The first-order chi connectivity index (χ1) is 9.13. The maximum atomic E-state index is 12.8. The van der Waals surface area contributed by atoms with Gasteiger partial charge in [-0.05, 0) is 42.0 Å². The van der Waals surface area contributed by atoms with E-state index in [-0.39, 0.29) is 5.82 Å². The topological polar surface area (TPSA) is 12.0 Å². The van der Waals surface area contributed by atoms with Crippen molar-refractivity contribution >= 4 is 33.4 Å². The maximum absolute atomic E-state index is 12.8. The highest BCUT2D eigenvalue weighted by atomic mass is 79.9. The molecule has 0 fully saturated rings. The first-order valence-corrected chi connectivity index (χ1v) is 7.50. The van der Waals surface area contributed by atoms with E-state index in [0.29, 0.717) is 0 Å². The van der Waals surface area contributed by atoms with E-state index < -0.39 is 0 Å². The Hall–Kier alpha value is -1.26. The first-order valence-electron chi connectivity index (χ1n) is 5.72. The molecule has 0 bridgehead atoms. The smallest absolute Gasteiger partial charge is 0.123 e. The van der Waals surface area contributed by atoms with Gasteiger partial charge in [0, 0.05) is 15.9 Å². The number of thioether (sulfide) groups is 1. The molecule has 0 spiro atoms. The molecule has 0 aliphatic carbocycles. The lowest BCUT2D eigenvalue weighted by Gasteiger charge is -2.09. The maximum Gasteiger partial charge on any atom is 0.123 e. The van der Waals surface area contributed by atoms with Gasteiger partial charge in [-0.15, -0.1) is 11.8 Å². The summed E-state index contributed by atoms with van der Waals surface area (Å²) in [5.74, 6) is 0.559. The molecule has 0 radical (unpaired) electrons. The largest absolute Gasteiger partial charge is 0.351 e. The summed E-state index contributed by atoms with van der Waals surface area (Å²) < 4.78 is 13.8. The van der Waals surface area contributed by atoms with Crippen molar-refractivity contribution in [3.05, 3.63) is 76.0 Å². The van der Waals surface area contributed by atoms with Gasteiger partial charge in [0.1, 0.15) is 5.82 Å². The zero-order valence-corrected chi connectivity index (χ0v) is 12.6. The van der Waals surface area contributed by atoms with Crippen LogP contribution < -0.4 is 5.32 Å². The molecular formula is C15H13BrFNS. The van der Waals surface area contributed by atoms with Gasteiger partial charge in [-0.25, -0.2) is 4.39 Å². The van der Waals surface area contributed by atoms with E-state index in [1.807, 2.05) is 24.3 Å². The minimum absolute atomic E-state index is 0.208. The van der Waals surface area contributed by atoms with Crippen molar-refractivity contribution in [2.75, 3.05) is 5.32 Å². The van der Waals surface area contributed by atoms with Crippen molar-refractivity contribution in [2.45, 2.75) is 5.75 Å². The van der Waals surface area contributed by atoms with Crippen LogP contribution >= 0.6 is 27.7 Å². The number of hydrogen-bond acceptors (Lipinski definition) is 2. The minimum atomic E-state index is -0.208. The molecule has 0 unspecified atom stereocenters. The van der Waals surface area contributed by atoms with Crippen LogP contribution in [0.5, 0.6) is 0 Å². The number of nitrogens with one attached hydrogen (secondary N) is 1. The summed E-state index contributed by atoms with van der Waals surface area (Å²) in [4.78, 5) is 0. The van der Waals surface area contributed by atoms with Crippen molar-refractivity contribution in [1.82, 2.24) is 0 Å². The lowest BCUT2D eigenvalue weighted by molar-refractivity contribution is 0.627. The van der Waals surface area contributed by atoms with Crippen molar-refractivity contribution < 1.29 is 4.39 Å². The fraction of sp³-hybridized carbons (Fsp3) is 0.0667. The third-order valence-corrected chi connectivity index (χ3v) is 3.91. The van der Waals surface area contributed by atoms with E-state index >= 15 is 0 Å². The standard InChI is InChI=1S/C15H13BrFNS/c1-11(18-15-8-4-13(16)5-9-15)19-10-12-2-6-14(17)7-3-12/h2-9,18H,1,10H2. The van der Waals surface area contributed by atoms with Crippen LogP contribution in [0.4, 0.5) is 10.1 Å². The SMILES string of the molecule is C=C(Nc1ccc(Br)cc1)SCc1ccc(F)cc1. The molecule has 0 amide bonds. The highest BCUT2D eigenvalue weighted by molar-refractivity contribution is 9.10. The van der Waals surface area contributed by atoms with Crippen molar-refractivity contribution in [1.29, 1.82) is 0 Å². The highest BCUT2D eigenvalue weighted by Gasteiger charge is 1.99. The van der Waals surface area contributed by atoms with Gasteiger partial charge in [0.25, 0.3) is 0 Å². The Morgan fingerprint density at radius 3 is 2.37 bits per heavy atom. The van der Waals surface area contributed by atoms with Crippen LogP contribution in [-0.4, -0.2) is 0 Å². The fourth-order valence-corrected chi connectivity index (χ4v) is 2.47. The Kier molecular flexibility index (Phi) is 5.05. The van der Waals surface area contributed by atoms with Crippen molar-refractivity contribution in [2.24, 2.45) is 0 Å². The van der Waals surface area contributed by atoms with E-state index in [0.717, 1.165) is 26.5 Å². The number of hydrogen-bond donors (Lipinski definition) is 1. The average Bonchev–Trinajstić information content (AvgIpc) is 2.41. The highest BCUT2D eigenvalue weighted by Crippen LogP contribution is 2.23. The summed E-state index contributed by atoms with van der Waals surface area (Å²) in [5.41, 5.74) is 2.07. The summed E-state index contributed by atoms with van der Waals surface area (Å²) in [6, 6.07) is 14.4. The third-order valence-electron chi connectivity index (χ3n) is 2.45. The summed E-state index contributed by atoms with van der Waals surface area (Å²) in [6.45, 7) is 3.97. The van der Waals surface area contributed by atoms with Gasteiger partial charge in [0.2, 0.25) is 0 Å². The van der Waals surface area contributed by atoms with Gasteiger partial charge < -0.3 is 5.32 Å². The van der Waals surface area contributed by atoms with Gasteiger partial charge >= 0.3 is 0 Å². The van der Waals surface area contributed by atoms with Gasteiger partial charge in [-0.1, -0.05) is 34.6 Å². The lowest BCUT2D eigenvalue weighted by Crippen LogP contribution is -1.94. The zero-order chi connectivity index (χ0) is 13.7. The van der Waals surface area contributed by atoms with E-state index in [1.165, 1.54) is 12.1 Å². The average molecular weight is 338 g/mol. The van der Waals surface area contributed by atoms with Crippen molar-refractivity contribution in [3.8, 4) is 0 Å². The first kappa shape index (κ1) is 14.2. The molecule has 0 aromatic heterocycles. The second kappa shape index (κ2) is 6.78.